The molecule has 0 saturated carbocycles. The number of carboxylic acids is 1. The van der Waals surface area contributed by atoms with E-state index in [0.717, 1.165) is 37.7 Å². The Morgan fingerprint density at radius 3 is 2.62 bits per heavy atom. The Morgan fingerprint density at radius 2 is 1.97 bits per heavy atom. The minimum Gasteiger partial charge on any atom is -0.481 e. The van der Waals surface area contributed by atoms with E-state index < -0.39 is 12.1 Å². The van der Waals surface area contributed by atoms with E-state index in [9.17, 15) is 13.2 Å². The van der Waals surface area contributed by atoms with Crippen LogP contribution >= 0.6 is 0 Å². The van der Waals surface area contributed by atoms with Crippen LogP contribution in [-0.2, 0) is 11.3 Å². The standard InChI is InChI=1S/C19H25N5O.C2HF3O2/c1-25-18-11-17(21-15-22-18)24-10-7-19(14-24)6-4-9-23(13-19)12-16-5-2-3-8-20-16;3-2(4,5)1(6)7/h2-3,5,8,11,15H,4,6-7,9-10,12-14H2,1H3;(H,6,7). The molecule has 0 bridgehead atoms. The van der Waals surface area contributed by atoms with Gasteiger partial charge in [-0.3, -0.25) is 9.88 Å². The number of pyridine rings is 1. The monoisotopic (exact) mass is 453 g/mol. The van der Waals surface area contributed by atoms with Crippen LogP contribution in [0.1, 0.15) is 25.0 Å². The Hall–Kier alpha value is -2.95. The van der Waals surface area contributed by atoms with Crippen LogP contribution in [0.5, 0.6) is 5.88 Å². The minimum atomic E-state index is -5.08. The van der Waals surface area contributed by atoms with Gasteiger partial charge in [-0.25, -0.2) is 14.8 Å². The number of carboxylic acid groups (broad SMARTS) is 1. The van der Waals surface area contributed by atoms with E-state index in [1.165, 1.54) is 25.8 Å². The van der Waals surface area contributed by atoms with Crippen molar-refractivity contribution >= 4 is 11.8 Å². The van der Waals surface area contributed by atoms with Crippen molar-refractivity contribution < 1.29 is 27.8 Å². The van der Waals surface area contributed by atoms with E-state index in [4.69, 9.17) is 14.6 Å². The van der Waals surface area contributed by atoms with E-state index >= 15 is 0 Å². The van der Waals surface area contributed by atoms with Crippen LogP contribution in [0, 0.1) is 5.41 Å². The van der Waals surface area contributed by atoms with Gasteiger partial charge in [-0.15, -0.1) is 0 Å². The molecule has 2 aromatic heterocycles. The third-order valence-electron chi connectivity index (χ3n) is 5.69. The van der Waals surface area contributed by atoms with Gasteiger partial charge in [-0.2, -0.15) is 13.2 Å². The molecule has 2 aliphatic rings. The molecule has 2 fully saturated rings. The van der Waals surface area contributed by atoms with Gasteiger partial charge >= 0.3 is 12.1 Å². The molecule has 0 radical (unpaired) electrons. The summed E-state index contributed by atoms with van der Waals surface area (Å²) in [6.45, 7) is 5.37. The normalized spacial score (nSPS) is 21.2. The number of aromatic nitrogens is 3. The van der Waals surface area contributed by atoms with Crippen molar-refractivity contribution in [2.75, 3.05) is 38.2 Å². The first-order chi connectivity index (χ1) is 15.2. The number of nitrogens with zero attached hydrogens (tertiary/aromatic N) is 5. The number of methoxy groups -OCH3 is 1. The molecular weight excluding hydrogens is 427 g/mol. The third kappa shape index (κ3) is 6.28. The highest BCUT2D eigenvalue weighted by molar-refractivity contribution is 5.73. The number of alkyl halides is 3. The fourth-order valence-electron chi connectivity index (χ4n) is 4.24. The quantitative estimate of drug-likeness (QED) is 0.756. The molecule has 8 nitrogen and oxygen atoms in total. The molecule has 2 saturated heterocycles. The molecule has 0 aliphatic carbocycles. The zero-order chi connectivity index (χ0) is 23.2. The van der Waals surface area contributed by atoms with E-state index in [2.05, 4.69) is 36.9 Å². The number of likely N-dealkylation sites (tertiary alicyclic amines) is 1. The number of rotatable bonds is 4. The second-order valence-electron chi connectivity index (χ2n) is 8.03. The lowest BCUT2D eigenvalue weighted by molar-refractivity contribution is -0.192. The fourth-order valence-corrected chi connectivity index (χ4v) is 4.24. The lowest BCUT2D eigenvalue weighted by atomic mass is 9.79. The highest BCUT2D eigenvalue weighted by Gasteiger charge is 2.42. The molecule has 4 rings (SSSR count). The molecule has 11 heteroatoms. The topological polar surface area (TPSA) is 91.7 Å². The summed E-state index contributed by atoms with van der Waals surface area (Å²) in [6.07, 6.45) is 2.17. The van der Waals surface area contributed by atoms with Crippen LogP contribution < -0.4 is 9.64 Å². The summed E-state index contributed by atoms with van der Waals surface area (Å²) in [4.78, 5) is 26.9. The van der Waals surface area contributed by atoms with Crippen LogP contribution in [-0.4, -0.2) is 70.4 Å². The van der Waals surface area contributed by atoms with Gasteiger partial charge in [0.1, 0.15) is 12.1 Å². The predicted octanol–water partition coefficient (Wildman–Crippen LogP) is 3.01. The van der Waals surface area contributed by atoms with Gasteiger partial charge in [-0.05, 0) is 37.9 Å². The number of hydrogen-bond acceptors (Lipinski definition) is 7. The number of carbonyl (C=O) groups is 1. The number of hydrogen-bond donors (Lipinski definition) is 1. The zero-order valence-electron chi connectivity index (χ0n) is 17.8. The van der Waals surface area contributed by atoms with E-state index in [1.54, 1.807) is 13.4 Å². The van der Waals surface area contributed by atoms with E-state index in [0.29, 0.717) is 11.3 Å². The van der Waals surface area contributed by atoms with E-state index in [1.807, 2.05) is 18.3 Å². The second-order valence-corrected chi connectivity index (χ2v) is 8.03. The highest BCUT2D eigenvalue weighted by Crippen LogP contribution is 2.40. The molecule has 4 heterocycles. The number of ether oxygens (including phenoxy) is 1. The molecule has 1 unspecified atom stereocenters. The average molecular weight is 453 g/mol. The van der Waals surface area contributed by atoms with Crippen molar-refractivity contribution in [3.63, 3.8) is 0 Å². The van der Waals surface area contributed by atoms with Gasteiger partial charge in [0, 0.05) is 43.9 Å². The first kappa shape index (κ1) is 23.7. The van der Waals surface area contributed by atoms with Crippen LogP contribution in [0.25, 0.3) is 0 Å². The molecule has 1 spiro atoms. The maximum absolute atomic E-state index is 10.6. The zero-order valence-corrected chi connectivity index (χ0v) is 17.8. The molecule has 1 atom stereocenters. The molecule has 0 amide bonds. The lowest BCUT2D eigenvalue weighted by Crippen LogP contribution is -2.44. The smallest absolute Gasteiger partial charge is 0.481 e. The lowest BCUT2D eigenvalue weighted by Gasteiger charge is -2.40. The number of piperidine rings is 1. The Morgan fingerprint density at radius 1 is 1.19 bits per heavy atom. The largest absolute Gasteiger partial charge is 0.490 e. The van der Waals surface area contributed by atoms with Gasteiger partial charge < -0.3 is 14.7 Å². The molecule has 2 aliphatic heterocycles. The first-order valence-corrected chi connectivity index (χ1v) is 10.2. The Labute approximate surface area is 184 Å². The summed E-state index contributed by atoms with van der Waals surface area (Å²) in [5.74, 6) is -1.15. The van der Waals surface area contributed by atoms with Crippen molar-refractivity contribution in [3.05, 3.63) is 42.5 Å². The molecule has 2 aromatic rings. The van der Waals surface area contributed by atoms with Crippen LogP contribution in [0.3, 0.4) is 0 Å². The van der Waals surface area contributed by atoms with Gasteiger partial charge in [0.15, 0.2) is 0 Å². The molecule has 174 valence electrons. The maximum atomic E-state index is 10.6. The molecule has 32 heavy (non-hydrogen) atoms. The van der Waals surface area contributed by atoms with Crippen LogP contribution in [0.2, 0.25) is 0 Å². The second kappa shape index (κ2) is 10.1. The SMILES string of the molecule is COc1cc(N2CCC3(CCCN(Cc4ccccn4)C3)C2)ncn1.O=C(O)C(F)(F)F. The third-order valence-corrected chi connectivity index (χ3v) is 5.69. The molecule has 1 N–H and O–H groups in total. The summed E-state index contributed by atoms with van der Waals surface area (Å²) in [5.41, 5.74) is 1.53. The molecule has 0 aromatic carbocycles. The van der Waals surface area contributed by atoms with E-state index in [-0.39, 0.29) is 0 Å². The Kier molecular flexibility index (Phi) is 7.49. The van der Waals surface area contributed by atoms with Gasteiger partial charge in [0.05, 0.1) is 12.8 Å². The van der Waals surface area contributed by atoms with Gasteiger partial charge in [0.2, 0.25) is 5.88 Å². The highest BCUT2D eigenvalue weighted by atomic mass is 19.4. The average Bonchev–Trinajstić information content (AvgIpc) is 3.17. The summed E-state index contributed by atoms with van der Waals surface area (Å²) >= 11 is 0. The summed E-state index contributed by atoms with van der Waals surface area (Å²) in [5, 5.41) is 7.12. The van der Waals surface area contributed by atoms with Crippen LogP contribution in [0.4, 0.5) is 19.0 Å². The first-order valence-electron chi connectivity index (χ1n) is 10.2. The Balaban J connectivity index is 0.000000360. The van der Waals surface area contributed by atoms with Crippen molar-refractivity contribution in [3.8, 4) is 5.88 Å². The number of anilines is 1. The summed E-state index contributed by atoms with van der Waals surface area (Å²) < 4.78 is 37.0. The maximum Gasteiger partial charge on any atom is 0.490 e. The van der Waals surface area contributed by atoms with Crippen molar-refractivity contribution in [2.24, 2.45) is 5.41 Å². The number of aliphatic carboxylic acids is 1. The number of halogens is 3. The van der Waals surface area contributed by atoms with Crippen molar-refractivity contribution in [2.45, 2.75) is 32.0 Å². The Bertz CT molecular complexity index is 900. The fraction of sp³-hybridized carbons (Fsp3) is 0.524. The van der Waals surface area contributed by atoms with Crippen molar-refractivity contribution in [1.29, 1.82) is 0 Å². The molecular formula is C21H26F3N5O3. The summed E-state index contributed by atoms with van der Waals surface area (Å²) in [6, 6.07) is 8.11. The van der Waals surface area contributed by atoms with Gasteiger partial charge in [0.25, 0.3) is 0 Å². The minimum absolute atomic E-state index is 0.366. The van der Waals surface area contributed by atoms with Crippen LogP contribution in [0.15, 0.2) is 36.8 Å². The summed E-state index contributed by atoms with van der Waals surface area (Å²) in [7, 11) is 1.65. The van der Waals surface area contributed by atoms with Gasteiger partial charge in [-0.1, -0.05) is 6.07 Å². The predicted molar refractivity (Wildman–Crippen MR) is 110 cm³/mol. The van der Waals surface area contributed by atoms with Crippen molar-refractivity contribution in [1.82, 2.24) is 19.9 Å².